The molecule has 0 saturated carbocycles. The van der Waals surface area contributed by atoms with Crippen molar-refractivity contribution in [3.63, 3.8) is 0 Å². The molecule has 0 atom stereocenters. The molecule has 3 aromatic carbocycles. The van der Waals surface area contributed by atoms with Crippen LogP contribution in [0.15, 0.2) is 54.6 Å². The van der Waals surface area contributed by atoms with Gasteiger partial charge in [-0.15, -0.1) is 0 Å². The van der Waals surface area contributed by atoms with E-state index in [4.69, 9.17) is 9.16 Å². The topological polar surface area (TPSA) is 55.8 Å². The molecule has 0 saturated heterocycles. The van der Waals surface area contributed by atoms with Crippen molar-refractivity contribution in [3.8, 4) is 17.2 Å². The van der Waals surface area contributed by atoms with Crippen molar-refractivity contribution < 1.29 is 19.1 Å². The van der Waals surface area contributed by atoms with Gasteiger partial charge in [-0.05, 0) is 50.8 Å². The molecular weight excluding hydrogens is 344 g/mol. The summed E-state index contributed by atoms with van der Waals surface area (Å²) in [6.07, 6.45) is 0. The summed E-state index contributed by atoms with van der Waals surface area (Å²) >= 11 is 0. The molecule has 4 nitrogen and oxygen atoms in total. The van der Waals surface area contributed by atoms with E-state index in [-0.39, 0.29) is 11.3 Å². The Morgan fingerprint density at radius 3 is 2.31 bits per heavy atom. The maximum atomic E-state index is 12.6. The Labute approximate surface area is 154 Å². The van der Waals surface area contributed by atoms with Crippen molar-refractivity contribution in [1.29, 1.82) is 0 Å². The van der Waals surface area contributed by atoms with E-state index in [1.807, 2.05) is 25.1 Å². The second kappa shape index (κ2) is 6.84. The Kier molecular flexibility index (Phi) is 4.74. The van der Waals surface area contributed by atoms with E-state index >= 15 is 0 Å². The van der Waals surface area contributed by atoms with Crippen LogP contribution >= 0.6 is 0 Å². The predicted octanol–water partition coefficient (Wildman–Crippen LogP) is 5.29. The molecule has 3 aromatic rings. The Hall–Kier alpha value is -2.79. The van der Waals surface area contributed by atoms with Gasteiger partial charge in [0.15, 0.2) is 0 Å². The standard InChI is InChI=1S/C21H22O4Si/c1-14-10-11-16-17(12-14)19(25-26(2,3)4)13-18(20(16)22)21(23)24-15-8-6-5-7-9-15/h5-13,22H,1-4H3. The van der Waals surface area contributed by atoms with Gasteiger partial charge in [-0.1, -0.05) is 35.9 Å². The monoisotopic (exact) mass is 366 g/mol. The quantitative estimate of drug-likeness (QED) is 0.387. The van der Waals surface area contributed by atoms with E-state index in [0.29, 0.717) is 16.9 Å². The van der Waals surface area contributed by atoms with Crippen LogP contribution in [0.5, 0.6) is 17.2 Å². The second-order valence-corrected chi connectivity index (χ2v) is 11.7. The third kappa shape index (κ3) is 3.89. The molecule has 0 heterocycles. The van der Waals surface area contributed by atoms with Crippen molar-refractivity contribution in [2.45, 2.75) is 26.6 Å². The number of para-hydroxylation sites is 1. The molecule has 0 aromatic heterocycles. The molecule has 0 unspecified atom stereocenters. The van der Waals surface area contributed by atoms with Crippen LogP contribution in [0.1, 0.15) is 15.9 Å². The summed E-state index contributed by atoms with van der Waals surface area (Å²) in [7, 11) is -1.92. The van der Waals surface area contributed by atoms with Crippen LogP contribution in [0.25, 0.3) is 10.8 Å². The van der Waals surface area contributed by atoms with Crippen LogP contribution in [0, 0.1) is 6.92 Å². The van der Waals surface area contributed by atoms with Crippen molar-refractivity contribution in [3.05, 3.63) is 65.7 Å². The van der Waals surface area contributed by atoms with Crippen LogP contribution in [0.3, 0.4) is 0 Å². The van der Waals surface area contributed by atoms with Gasteiger partial charge in [0, 0.05) is 10.8 Å². The third-order valence-corrected chi connectivity index (χ3v) is 4.65. The fraction of sp³-hybridized carbons (Fsp3) is 0.190. The van der Waals surface area contributed by atoms with E-state index in [1.165, 1.54) is 0 Å². The number of phenols is 1. The molecule has 26 heavy (non-hydrogen) atoms. The Bertz CT molecular complexity index is 959. The van der Waals surface area contributed by atoms with Gasteiger partial charge < -0.3 is 14.3 Å². The molecule has 0 amide bonds. The third-order valence-electron chi connectivity index (χ3n) is 3.82. The number of benzene rings is 3. The van der Waals surface area contributed by atoms with Crippen LogP contribution in [-0.4, -0.2) is 19.4 Å². The first-order valence-corrected chi connectivity index (χ1v) is 11.9. The molecule has 0 aliphatic heterocycles. The first-order valence-electron chi connectivity index (χ1n) is 8.47. The number of aromatic hydroxyl groups is 1. The van der Waals surface area contributed by atoms with Crippen molar-refractivity contribution in [2.24, 2.45) is 0 Å². The Morgan fingerprint density at radius 1 is 0.962 bits per heavy atom. The zero-order valence-corrected chi connectivity index (χ0v) is 16.4. The summed E-state index contributed by atoms with van der Waals surface area (Å²) in [6.45, 7) is 8.20. The summed E-state index contributed by atoms with van der Waals surface area (Å²) in [5.74, 6) is 0.315. The average Bonchev–Trinajstić information content (AvgIpc) is 2.57. The van der Waals surface area contributed by atoms with E-state index in [0.717, 1.165) is 10.9 Å². The van der Waals surface area contributed by atoms with Gasteiger partial charge in [0.1, 0.15) is 22.8 Å². The highest BCUT2D eigenvalue weighted by Gasteiger charge is 2.23. The fourth-order valence-corrected chi connectivity index (χ4v) is 3.54. The Morgan fingerprint density at radius 2 is 1.65 bits per heavy atom. The second-order valence-electron chi connectivity index (χ2n) is 7.24. The molecule has 1 N–H and O–H groups in total. The summed E-state index contributed by atoms with van der Waals surface area (Å²) in [5, 5.41) is 12.0. The highest BCUT2D eigenvalue weighted by molar-refractivity contribution is 6.70. The largest absolute Gasteiger partial charge is 0.544 e. The lowest BCUT2D eigenvalue weighted by Crippen LogP contribution is -2.29. The molecule has 0 fully saturated rings. The lowest BCUT2D eigenvalue weighted by molar-refractivity contribution is 0.0731. The van der Waals surface area contributed by atoms with Gasteiger partial charge in [-0.25, -0.2) is 4.79 Å². The van der Waals surface area contributed by atoms with Gasteiger partial charge >= 0.3 is 5.97 Å². The number of hydrogen-bond donors (Lipinski definition) is 1. The molecule has 0 aliphatic carbocycles. The molecule has 0 radical (unpaired) electrons. The van der Waals surface area contributed by atoms with Gasteiger partial charge in [0.05, 0.1) is 0 Å². The van der Waals surface area contributed by atoms with Gasteiger partial charge in [-0.3, -0.25) is 0 Å². The maximum Gasteiger partial charge on any atom is 0.347 e. The van der Waals surface area contributed by atoms with Crippen LogP contribution in [-0.2, 0) is 0 Å². The van der Waals surface area contributed by atoms with Gasteiger partial charge in [0.2, 0.25) is 8.32 Å². The number of ether oxygens (including phenoxy) is 1. The average molecular weight is 366 g/mol. The fourth-order valence-electron chi connectivity index (χ4n) is 2.71. The molecule has 0 aliphatic rings. The summed E-state index contributed by atoms with van der Waals surface area (Å²) < 4.78 is 11.6. The first-order chi connectivity index (χ1) is 12.2. The highest BCUT2D eigenvalue weighted by atomic mass is 28.4. The normalized spacial score (nSPS) is 11.4. The van der Waals surface area contributed by atoms with Crippen LogP contribution in [0.2, 0.25) is 19.6 Å². The number of carbonyl (C=O) groups excluding carboxylic acids is 1. The first kappa shape index (κ1) is 18.0. The number of fused-ring (bicyclic) bond motifs is 1. The lowest BCUT2D eigenvalue weighted by atomic mass is 10.0. The van der Waals surface area contributed by atoms with Gasteiger partial charge in [-0.2, -0.15) is 0 Å². The lowest BCUT2D eigenvalue weighted by Gasteiger charge is -2.22. The summed E-state index contributed by atoms with van der Waals surface area (Å²) in [4.78, 5) is 12.6. The van der Waals surface area contributed by atoms with Crippen molar-refractivity contribution in [2.75, 3.05) is 0 Å². The minimum absolute atomic E-state index is 0.0937. The minimum Gasteiger partial charge on any atom is -0.544 e. The van der Waals surface area contributed by atoms with E-state index < -0.39 is 14.3 Å². The number of aryl methyl sites for hydroxylation is 1. The molecule has 3 rings (SSSR count). The SMILES string of the molecule is Cc1ccc2c(O)c(C(=O)Oc3ccccc3)cc(O[Si](C)(C)C)c2c1. The zero-order chi connectivity index (χ0) is 18.9. The Balaban J connectivity index is 2.12. The molecular formula is C21H22O4Si. The van der Waals surface area contributed by atoms with Crippen LogP contribution in [0.4, 0.5) is 0 Å². The number of carbonyl (C=O) groups is 1. The van der Waals surface area contributed by atoms with E-state index in [1.54, 1.807) is 36.4 Å². The predicted molar refractivity (Wildman–Crippen MR) is 106 cm³/mol. The van der Waals surface area contributed by atoms with Crippen molar-refractivity contribution in [1.82, 2.24) is 0 Å². The highest BCUT2D eigenvalue weighted by Crippen LogP contribution is 2.38. The number of phenolic OH excluding ortho intramolecular Hbond substituents is 1. The zero-order valence-electron chi connectivity index (χ0n) is 15.4. The van der Waals surface area contributed by atoms with Gasteiger partial charge in [0.25, 0.3) is 0 Å². The minimum atomic E-state index is -1.92. The maximum absolute atomic E-state index is 12.6. The molecule has 0 bridgehead atoms. The van der Waals surface area contributed by atoms with Crippen molar-refractivity contribution >= 4 is 25.1 Å². The van der Waals surface area contributed by atoms with Crippen LogP contribution < -0.4 is 9.16 Å². The smallest absolute Gasteiger partial charge is 0.347 e. The summed E-state index contributed by atoms with van der Waals surface area (Å²) in [6, 6.07) is 16.0. The summed E-state index contributed by atoms with van der Waals surface area (Å²) in [5.41, 5.74) is 1.15. The molecule has 5 heteroatoms. The van der Waals surface area contributed by atoms with E-state index in [2.05, 4.69) is 19.6 Å². The molecule has 134 valence electrons. The van der Waals surface area contributed by atoms with E-state index in [9.17, 15) is 9.90 Å². The number of hydrogen-bond acceptors (Lipinski definition) is 4. The molecule has 0 spiro atoms. The number of esters is 1. The number of rotatable bonds is 4.